The lowest BCUT2D eigenvalue weighted by Gasteiger charge is -2.12. The number of para-hydroxylation sites is 1. The normalized spacial score (nSPS) is 12.1. The van der Waals surface area contributed by atoms with Crippen LogP contribution in [-0.2, 0) is 0 Å². The monoisotopic (exact) mass is 449 g/mol. The molecule has 6 aromatic carbocycles. The maximum atomic E-state index is 2.48. The van der Waals surface area contributed by atoms with Gasteiger partial charge in [0.25, 0.3) is 0 Å². The van der Waals surface area contributed by atoms with Crippen molar-refractivity contribution in [2.45, 2.75) is 0 Å². The zero-order chi connectivity index (χ0) is 22.2. The highest BCUT2D eigenvalue weighted by Gasteiger charge is 2.21. The summed E-state index contributed by atoms with van der Waals surface area (Å²) in [6, 6.07) is 42.0. The second-order valence-corrected chi connectivity index (χ2v) is 9.97. The fraction of sp³-hybridized carbons (Fsp3) is 0. The third-order valence-corrected chi connectivity index (χ3v) is 8.36. The first kappa shape index (κ1) is 18.3. The van der Waals surface area contributed by atoms with Crippen molar-refractivity contribution in [3.63, 3.8) is 0 Å². The molecule has 0 saturated carbocycles. The Balaban J connectivity index is 1.77. The first-order chi connectivity index (χ1) is 16.9. The van der Waals surface area contributed by atoms with Crippen LogP contribution < -0.4 is 0 Å². The van der Waals surface area contributed by atoms with Gasteiger partial charge in [0.1, 0.15) is 0 Å². The van der Waals surface area contributed by atoms with Crippen molar-refractivity contribution < 1.29 is 0 Å². The van der Waals surface area contributed by atoms with Crippen LogP contribution in [0.5, 0.6) is 0 Å². The van der Waals surface area contributed by atoms with Gasteiger partial charge >= 0.3 is 0 Å². The van der Waals surface area contributed by atoms with Gasteiger partial charge in [-0.05, 0) is 40.4 Å². The maximum Gasteiger partial charge on any atom is 0.0626 e. The van der Waals surface area contributed by atoms with E-state index in [0.717, 1.165) is 0 Å². The highest BCUT2D eigenvalue weighted by molar-refractivity contribution is 7.26. The molecule has 0 aliphatic heterocycles. The molecule has 0 N–H and O–H groups in total. The van der Waals surface area contributed by atoms with Crippen molar-refractivity contribution in [1.29, 1.82) is 0 Å². The van der Waals surface area contributed by atoms with Gasteiger partial charge < -0.3 is 4.57 Å². The molecule has 0 spiro atoms. The van der Waals surface area contributed by atoms with Crippen molar-refractivity contribution >= 4 is 74.9 Å². The van der Waals surface area contributed by atoms with Crippen LogP contribution in [-0.4, -0.2) is 4.57 Å². The number of fused-ring (bicyclic) bond motifs is 12. The molecule has 0 bridgehead atoms. The van der Waals surface area contributed by atoms with E-state index in [1.807, 2.05) is 11.3 Å². The third kappa shape index (κ3) is 2.28. The van der Waals surface area contributed by atoms with E-state index in [0.29, 0.717) is 0 Å². The van der Waals surface area contributed by atoms with E-state index in [9.17, 15) is 0 Å². The Morgan fingerprint density at radius 3 is 1.85 bits per heavy atom. The fourth-order valence-corrected chi connectivity index (χ4v) is 7.03. The average Bonchev–Trinajstić information content (AvgIpc) is 3.46. The molecular weight excluding hydrogens is 430 g/mol. The lowest BCUT2D eigenvalue weighted by molar-refractivity contribution is 1.19. The summed E-state index contributed by atoms with van der Waals surface area (Å²) in [5, 5.41) is 10.6. The number of aromatic nitrogens is 1. The Labute approximate surface area is 200 Å². The van der Waals surface area contributed by atoms with E-state index >= 15 is 0 Å². The van der Waals surface area contributed by atoms with E-state index < -0.39 is 0 Å². The summed E-state index contributed by atoms with van der Waals surface area (Å²) < 4.78 is 5.19. The summed E-state index contributed by atoms with van der Waals surface area (Å²) in [6.07, 6.45) is 0. The largest absolute Gasteiger partial charge is 0.309 e. The topological polar surface area (TPSA) is 4.93 Å². The zero-order valence-corrected chi connectivity index (χ0v) is 19.1. The summed E-state index contributed by atoms with van der Waals surface area (Å²) in [7, 11) is 0. The lowest BCUT2D eigenvalue weighted by atomic mass is 9.96. The van der Waals surface area contributed by atoms with Gasteiger partial charge in [0.05, 0.1) is 11.0 Å². The Bertz CT molecular complexity index is 2060. The van der Waals surface area contributed by atoms with E-state index in [1.165, 1.54) is 69.2 Å². The van der Waals surface area contributed by atoms with Crippen LogP contribution >= 0.6 is 11.3 Å². The van der Waals surface area contributed by atoms with Gasteiger partial charge in [0, 0.05) is 42.0 Å². The molecule has 34 heavy (non-hydrogen) atoms. The minimum absolute atomic E-state index is 1.20. The fourth-order valence-electron chi connectivity index (χ4n) is 5.78. The molecule has 2 heterocycles. The summed E-state index contributed by atoms with van der Waals surface area (Å²) in [4.78, 5) is 0. The van der Waals surface area contributed by atoms with Gasteiger partial charge in [-0.3, -0.25) is 0 Å². The molecular formula is C32H19NS. The minimum Gasteiger partial charge on any atom is -0.309 e. The quantitative estimate of drug-likeness (QED) is 0.220. The Kier molecular flexibility index (Phi) is 3.60. The first-order valence-corrected chi connectivity index (χ1v) is 12.4. The predicted molar refractivity (Wildman–Crippen MR) is 149 cm³/mol. The van der Waals surface area contributed by atoms with Gasteiger partial charge in [0.15, 0.2) is 0 Å². The van der Waals surface area contributed by atoms with Crippen LogP contribution in [0, 0.1) is 0 Å². The van der Waals surface area contributed by atoms with Crippen LogP contribution in [0.3, 0.4) is 0 Å². The molecule has 0 radical (unpaired) electrons. The molecule has 2 heteroatoms. The van der Waals surface area contributed by atoms with Gasteiger partial charge in [-0.2, -0.15) is 0 Å². The Morgan fingerprint density at radius 1 is 0.441 bits per heavy atom. The van der Waals surface area contributed by atoms with Crippen LogP contribution in [0.25, 0.3) is 69.2 Å². The van der Waals surface area contributed by atoms with Crippen molar-refractivity contribution in [3.8, 4) is 5.69 Å². The smallest absolute Gasteiger partial charge is 0.0626 e. The number of hydrogen-bond acceptors (Lipinski definition) is 1. The van der Waals surface area contributed by atoms with Crippen LogP contribution in [0.15, 0.2) is 115 Å². The zero-order valence-electron chi connectivity index (χ0n) is 18.3. The van der Waals surface area contributed by atoms with E-state index in [-0.39, 0.29) is 0 Å². The summed E-state index contributed by atoms with van der Waals surface area (Å²) in [5.74, 6) is 0. The SMILES string of the molecule is c1ccc(-n2c3ccc4c5ccccc5sc4c3c3c4ccccc4c4ccccc4c32)cc1. The number of rotatable bonds is 1. The molecule has 0 aliphatic rings. The highest BCUT2D eigenvalue weighted by atomic mass is 32.1. The molecule has 1 nitrogen and oxygen atoms in total. The molecule has 0 amide bonds. The first-order valence-electron chi connectivity index (χ1n) is 11.6. The van der Waals surface area contributed by atoms with E-state index in [4.69, 9.17) is 0 Å². The summed E-state index contributed by atoms with van der Waals surface area (Å²) in [5.41, 5.74) is 3.76. The van der Waals surface area contributed by atoms with Crippen LogP contribution in [0.2, 0.25) is 0 Å². The second kappa shape index (κ2) is 6.69. The maximum absolute atomic E-state index is 2.48. The van der Waals surface area contributed by atoms with Crippen LogP contribution in [0.1, 0.15) is 0 Å². The standard InChI is InChI=1S/C32H19NS/c1-2-10-20(11-3-1)33-27-19-18-26-23-14-8-9-17-28(23)34-32(26)30(27)29-24-15-6-4-12-21(24)22-13-5-7-16-25(22)31(29)33/h1-19H. The molecule has 0 unspecified atom stereocenters. The Hall–Kier alpha value is -4.14. The number of hydrogen-bond donors (Lipinski definition) is 0. The van der Waals surface area contributed by atoms with Crippen molar-refractivity contribution in [3.05, 3.63) is 115 Å². The number of nitrogens with zero attached hydrogens (tertiary/aromatic N) is 1. The Morgan fingerprint density at radius 2 is 1.06 bits per heavy atom. The second-order valence-electron chi connectivity index (χ2n) is 8.92. The molecule has 8 rings (SSSR count). The van der Waals surface area contributed by atoms with Gasteiger partial charge in [-0.25, -0.2) is 0 Å². The molecule has 0 fully saturated rings. The summed E-state index contributed by atoms with van der Waals surface area (Å²) in [6.45, 7) is 0. The van der Waals surface area contributed by atoms with Gasteiger partial charge in [-0.15, -0.1) is 11.3 Å². The predicted octanol–water partition coefficient (Wildman–Crippen LogP) is 9.46. The molecule has 0 aliphatic carbocycles. The molecule has 158 valence electrons. The van der Waals surface area contributed by atoms with Gasteiger partial charge in [-0.1, -0.05) is 91.0 Å². The molecule has 0 saturated heterocycles. The van der Waals surface area contributed by atoms with Crippen molar-refractivity contribution in [2.75, 3.05) is 0 Å². The average molecular weight is 450 g/mol. The molecule has 2 aromatic heterocycles. The van der Waals surface area contributed by atoms with Crippen molar-refractivity contribution in [2.24, 2.45) is 0 Å². The lowest BCUT2D eigenvalue weighted by Crippen LogP contribution is -1.94. The van der Waals surface area contributed by atoms with Gasteiger partial charge in [0.2, 0.25) is 0 Å². The summed E-state index contributed by atoms with van der Waals surface area (Å²) >= 11 is 1.92. The third-order valence-electron chi connectivity index (χ3n) is 7.16. The number of thiophene rings is 1. The minimum atomic E-state index is 1.20. The van der Waals surface area contributed by atoms with E-state index in [1.54, 1.807) is 0 Å². The molecule has 8 aromatic rings. The molecule has 0 atom stereocenters. The highest BCUT2D eigenvalue weighted by Crippen LogP contribution is 2.47. The number of benzene rings is 6. The van der Waals surface area contributed by atoms with E-state index in [2.05, 4.69) is 120 Å². The van der Waals surface area contributed by atoms with Crippen LogP contribution in [0.4, 0.5) is 0 Å². The van der Waals surface area contributed by atoms with Crippen molar-refractivity contribution in [1.82, 2.24) is 4.57 Å².